The van der Waals surface area contributed by atoms with Crippen molar-refractivity contribution in [1.82, 2.24) is 0 Å². The van der Waals surface area contributed by atoms with Gasteiger partial charge in [-0.25, -0.2) is 0 Å². The van der Waals surface area contributed by atoms with Crippen LogP contribution in [0.25, 0.3) is 0 Å². The molecule has 0 radical (unpaired) electrons. The summed E-state index contributed by atoms with van der Waals surface area (Å²) in [6, 6.07) is 5.82. The fourth-order valence-corrected chi connectivity index (χ4v) is 2.43. The molecular weight excluding hydrogens is 240 g/mol. The summed E-state index contributed by atoms with van der Waals surface area (Å²) >= 11 is 7.66. The Kier molecular flexibility index (Phi) is 3.08. The van der Waals surface area contributed by atoms with Gasteiger partial charge >= 0.3 is 0 Å². The lowest BCUT2D eigenvalue weighted by molar-refractivity contribution is 1.44. The second-order valence-electron chi connectivity index (χ2n) is 3.75. The van der Waals surface area contributed by atoms with E-state index >= 15 is 0 Å². The number of aryl methyl sites for hydroxylation is 2. The molecule has 0 aliphatic carbocycles. The van der Waals surface area contributed by atoms with Crippen molar-refractivity contribution < 1.29 is 0 Å². The molecule has 2 nitrogen and oxygen atoms in total. The summed E-state index contributed by atoms with van der Waals surface area (Å²) in [6.07, 6.45) is 0. The highest BCUT2D eigenvalue weighted by molar-refractivity contribution is 7.14. The number of nitrogens with one attached hydrogen (secondary N) is 1. The number of rotatable bonds is 2. The minimum atomic E-state index is 0.670. The van der Waals surface area contributed by atoms with Crippen LogP contribution in [0.5, 0.6) is 0 Å². The number of thiophene rings is 1. The van der Waals surface area contributed by atoms with Gasteiger partial charge in [-0.2, -0.15) is 0 Å². The van der Waals surface area contributed by atoms with Crippen LogP contribution in [-0.2, 0) is 0 Å². The number of hydrogen-bond acceptors (Lipinski definition) is 3. The molecule has 0 aliphatic heterocycles. The summed E-state index contributed by atoms with van der Waals surface area (Å²) in [7, 11) is 0. The number of hydrogen-bond donors (Lipinski definition) is 2. The quantitative estimate of drug-likeness (QED) is 0.780. The SMILES string of the molecule is Cc1cc(Nc2sccc2C)c(N)cc1Cl. The van der Waals surface area contributed by atoms with Crippen molar-refractivity contribution in [3.63, 3.8) is 0 Å². The van der Waals surface area contributed by atoms with E-state index in [1.54, 1.807) is 17.4 Å². The monoisotopic (exact) mass is 252 g/mol. The zero-order chi connectivity index (χ0) is 11.7. The second-order valence-corrected chi connectivity index (χ2v) is 5.07. The van der Waals surface area contributed by atoms with E-state index in [1.807, 2.05) is 13.0 Å². The van der Waals surface area contributed by atoms with E-state index in [0.29, 0.717) is 10.7 Å². The lowest BCUT2D eigenvalue weighted by atomic mass is 10.2. The molecule has 16 heavy (non-hydrogen) atoms. The Morgan fingerprint density at radius 3 is 2.62 bits per heavy atom. The summed E-state index contributed by atoms with van der Waals surface area (Å²) in [5.41, 5.74) is 9.73. The third-order valence-electron chi connectivity index (χ3n) is 2.44. The molecule has 0 saturated heterocycles. The minimum Gasteiger partial charge on any atom is -0.397 e. The van der Waals surface area contributed by atoms with E-state index in [4.69, 9.17) is 17.3 Å². The van der Waals surface area contributed by atoms with Crippen LogP contribution in [-0.4, -0.2) is 0 Å². The van der Waals surface area contributed by atoms with E-state index in [1.165, 1.54) is 5.56 Å². The average Bonchev–Trinajstić information content (AvgIpc) is 2.61. The third-order valence-corrected chi connectivity index (χ3v) is 3.78. The number of anilines is 3. The highest BCUT2D eigenvalue weighted by Gasteiger charge is 2.06. The maximum atomic E-state index is 5.99. The summed E-state index contributed by atoms with van der Waals surface area (Å²) in [5, 5.41) is 7.19. The lowest BCUT2D eigenvalue weighted by Crippen LogP contribution is -1.96. The van der Waals surface area contributed by atoms with Crippen molar-refractivity contribution in [3.8, 4) is 0 Å². The van der Waals surface area contributed by atoms with Crippen LogP contribution in [0.4, 0.5) is 16.4 Å². The fraction of sp³-hybridized carbons (Fsp3) is 0.167. The van der Waals surface area contributed by atoms with Crippen LogP contribution in [0, 0.1) is 13.8 Å². The van der Waals surface area contributed by atoms with Gasteiger partial charge in [-0.1, -0.05) is 11.6 Å². The maximum absolute atomic E-state index is 5.99. The Hall–Kier alpha value is -1.19. The van der Waals surface area contributed by atoms with Crippen LogP contribution >= 0.6 is 22.9 Å². The third kappa shape index (κ3) is 2.15. The van der Waals surface area contributed by atoms with Crippen LogP contribution < -0.4 is 11.1 Å². The second kappa shape index (κ2) is 4.36. The molecule has 0 amide bonds. The minimum absolute atomic E-state index is 0.670. The molecule has 4 heteroatoms. The Morgan fingerprint density at radius 2 is 2.00 bits per heavy atom. The van der Waals surface area contributed by atoms with Crippen LogP contribution in [0.15, 0.2) is 23.6 Å². The first-order chi connectivity index (χ1) is 7.58. The summed E-state index contributed by atoms with van der Waals surface area (Å²) in [4.78, 5) is 0. The van der Waals surface area contributed by atoms with Gasteiger partial charge in [-0.3, -0.25) is 0 Å². The lowest BCUT2D eigenvalue weighted by Gasteiger charge is -2.10. The van der Waals surface area contributed by atoms with Gasteiger partial charge in [0.15, 0.2) is 0 Å². The molecule has 1 aromatic carbocycles. The van der Waals surface area contributed by atoms with Gasteiger partial charge < -0.3 is 11.1 Å². The Labute approximate surface area is 104 Å². The molecule has 0 saturated carbocycles. The first-order valence-corrected chi connectivity index (χ1v) is 6.20. The molecule has 2 rings (SSSR count). The Balaban J connectivity index is 2.35. The number of halogens is 1. The van der Waals surface area contributed by atoms with Crippen molar-refractivity contribution >= 4 is 39.3 Å². The predicted octanol–water partition coefficient (Wildman–Crippen LogP) is 4.34. The van der Waals surface area contributed by atoms with Crippen LogP contribution in [0.1, 0.15) is 11.1 Å². The standard InChI is InChI=1S/C12H13ClN2S/c1-7-3-4-16-12(7)15-11-5-8(2)9(13)6-10(11)14/h3-6,15H,14H2,1-2H3. The molecule has 0 spiro atoms. The molecular formula is C12H13ClN2S. The normalized spacial score (nSPS) is 10.4. The number of benzene rings is 1. The molecule has 1 heterocycles. The van der Waals surface area contributed by atoms with Gasteiger partial charge in [0, 0.05) is 5.02 Å². The van der Waals surface area contributed by atoms with E-state index in [0.717, 1.165) is 16.3 Å². The Bertz CT molecular complexity index is 520. The van der Waals surface area contributed by atoms with Gasteiger partial charge in [-0.05, 0) is 48.6 Å². The zero-order valence-corrected chi connectivity index (χ0v) is 10.7. The van der Waals surface area contributed by atoms with E-state index in [2.05, 4.69) is 23.7 Å². The molecule has 84 valence electrons. The molecule has 2 aromatic rings. The van der Waals surface area contributed by atoms with E-state index in [-0.39, 0.29) is 0 Å². The molecule has 1 aromatic heterocycles. The smallest absolute Gasteiger partial charge is 0.0956 e. The topological polar surface area (TPSA) is 38.0 Å². The molecule has 0 atom stereocenters. The van der Waals surface area contributed by atoms with E-state index < -0.39 is 0 Å². The van der Waals surface area contributed by atoms with Crippen molar-refractivity contribution in [1.29, 1.82) is 0 Å². The van der Waals surface area contributed by atoms with Crippen LogP contribution in [0.3, 0.4) is 0 Å². The van der Waals surface area contributed by atoms with Crippen molar-refractivity contribution in [2.75, 3.05) is 11.1 Å². The number of nitrogens with two attached hydrogens (primary N) is 1. The van der Waals surface area contributed by atoms with Crippen molar-refractivity contribution in [2.45, 2.75) is 13.8 Å². The first-order valence-electron chi connectivity index (χ1n) is 4.94. The van der Waals surface area contributed by atoms with Gasteiger partial charge in [0.05, 0.1) is 16.4 Å². The Morgan fingerprint density at radius 1 is 1.25 bits per heavy atom. The summed E-state index contributed by atoms with van der Waals surface area (Å²) in [5.74, 6) is 0. The van der Waals surface area contributed by atoms with Gasteiger partial charge in [-0.15, -0.1) is 11.3 Å². The molecule has 0 bridgehead atoms. The molecule has 0 unspecified atom stereocenters. The summed E-state index contributed by atoms with van der Waals surface area (Å²) in [6.45, 7) is 4.03. The highest BCUT2D eigenvalue weighted by atomic mass is 35.5. The number of nitrogen functional groups attached to an aromatic ring is 1. The van der Waals surface area contributed by atoms with Crippen molar-refractivity contribution in [3.05, 3.63) is 39.7 Å². The van der Waals surface area contributed by atoms with Crippen molar-refractivity contribution in [2.24, 2.45) is 0 Å². The average molecular weight is 253 g/mol. The molecule has 0 fully saturated rings. The predicted molar refractivity (Wildman–Crippen MR) is 72.9 cm³/mol. The summed E-state index contributed by atoms with van der Waals surface area (Å²) < 4.78 is 0. The highest BCUT2D eigenvalue weighted by Crippen LogP contribution is 2.32. The van der Waals surface area contributed by atoms with E-state index in [9.17, 15) is 0 Å². The largest absolute Gasteiger partial charge is 0.397 e. The first kappa shape index (κ1) is 11.3. The zero-order valence-electron chi connectivity index (χ0n) is 9.17. The van der Waals surface area contributed by atoms with Gasteiger partial charge in [0.2, 0.25) is 0 Å². The van der Waals surface area contributed by atoms with Crippen LogP contribution in [0.2, 0.25) is 5.02 Å². The fourth-order valence-electron chi connectivity index (χ4n) is 1.43. The molecule has 0 aliphatic rings. The maximum Gasteiger partial charge on any atom is 0.0956 e. The van der Waals surface area contributed by atoms with Gasteiger partial charge in [0.1, 0.15) is 0 Å². The van der Waals surface area contributed by atoms with Gasteiger partial charge in [0.25, 0.3) is 0 Å². The molecule has 3 N–H and O–H groups in total.